The summed E-state index contributed by atoms with van der Waals surface area (Å²) in [5.74, 6) is -2.92. The standard InChI is InChI=1S/C47H66N4O17S4/c1-45(2,3)68-44(55)48-26-14-12-17-37(43(53)54)49-42(52)20-11-8-13-25-47(6)36-32-34(72(65,66)67)22-24-39(36)51(28-16-30-70(59,60)61)41(47)19-10-7-9-18-40-46(4,5)35-31-33(71(62,63)64)21-23-38(35)50(40)27-15-29-69(56,57)58/h7,9-10,18-19,21-24,31-32,37H,8,11-17,20,25-30H2,1-6H3,(H6-,48,49,52,53,54,55,56,57,58,59,60,61,62,63,64,65,66,67). The van der Waals surface area contributed by atoms with E-state index in [0.29, 0.717) is 72.4 Å². The van der Waals surface area contributed by atoms with Crippen molar-refractivity contribution < 1.29 is 80.7 Å². The number of benzene rings is 2. The quantitative estimate of drug-likeness (QED) is 0.0282. The number of alkyl carbamates (subject to hydrolysis) is 1. The average molecular weight is 1090 g/mol. The molecule has 2 aromatic rings. The number of carbonyl (C=O) groups excluding carboxylic acids is 2. The smallest absolute Gasteiger partial charge is 0.407 e. The van der Waals surface area contributed by atoms with Crippen LogP contribution in [0.2, 0.25) is 0 Å². The number of nitrogens with zero attached hydrogens (tertiary/aromatic N) is 2. The lowest BCUT2D eigenvalue weighted by atomic mass is 9.77. The minimum absolute atomic E-state index is 0.00168. The zero-order valence-corrected chi connectivity index (χ0v) is 44.4. The molecule has 0 fully saturated rings. The molecule has 0 saturated heterocycles. The summed E-state index contributed by atoms with van der Waals surface area (Å²) in [6, 6.07) is 6.93. The summed E-state index contributed by atoms with van der Waals surface area (Å²) in [4.78, 5) is 37.8. The second-order valence-corrected chi connectivity index (χ2v) is 25.4. The molecule has 25 heteroatoms. The van der Waals surface area contributed by atoms with Gasteiger partial charge in [0.15, 0.2) is 5.71 Å². The average Bonchev–Trinajstić information content (AvgIpc) is 3.59. The SMILES string of the molecule is CC(C)(C)OC(=O)NCCCCC(NC(=O)CCCCCC1(C)\C(=C/C=C/C=C/C2=[N+](CCCS(=O)(=O)O)c3ccc(S(=O)(=O)O)cc3C2(C)C)N(CCCS(=O)(=O)[O-])c2ccc(S(=O)(=O)O)cc21)C(=O)O. The summed E-state index contributed by atoms with van der Waals surface area (Å²) in [7, 11) is -18.2. The number of carboxylic acid groups (broad SMARTS) is 1. The second kappa shape index (κ2) is 23.9. The summed E-state index contributed by atoms with van der Waals surface area (Å²) in [5, 5.41) is 14.9. The Balaban J connectivity index is 1.59. The van der Waals surface area contributed by atoms with Crippen molar-refractivity contribution in [3.8, 4) is 0 Å². The fraction of sp³-hybridized carbons (Fsp3) is 0.532. The van der Waals surface area contributed by atoms with Crippen LogP contribution in [0.5, 0.6) is 0 Å². The van der Waals surface area contributed by atoms with E-state index in [0.717, 1.165) is 0 Å². The summed E-state index contributed by atoms with van der Waals surface area (Å²) in [6.45, 7) is 11.0. The number of unbranched alkanes of at least 4 members (excludes halogenated alkanes) is 3. The molecule has 2 unspecified atom stereocenters. The third kappa shape index (κ3) is 17.0. The third-order valence-electron chi connectivity index (χ3n) is 12.3. The number of rotatable bonds is 26. The minimum Gasteiger partial charge on any atom is -0.748 e. The van der Waals surface area contributed by atoms with Gasteiger partial charge in [0.25, 0.3) is 30.4 Å². The predicted octanol–water partition coefficient (Wildman–Crippen LogP) is 5.76. The van der Waals surface area contributed by atoms with E-state index in [1.54, 1.807) is 60.6 Å². The largest absolute Gasteiger partial charge is 0.748 e. The van der Waals surface area contributed by atoms with Crippen LogP contribution in [-0.4, -0.2) is 128 Å². The molecule has 0 spiro atoms. The summed E-state index contributed by atoms with van der Waals surface area (Å²) in [6.07, 6.45) is 10.4. The molecule has 400 valence electrons. The summed E-state index contributed by atoms with van der Waals surface area (Å²) >= 11 is 0. The number of nitrogens with one attached hydrogen (secondary N) is 2. The lowest BCUT2D eigenvalue weighted by Crippen LogP contribution is -2.40. The van der Waals surface area contributed by atoms with Gasteiger partial charge in [-0.05, 0) is 122 Å². The van der Waals surface area contributed by atoms with Gasteiger partial charge in [0, 0.05) is 66.2 Å². The number of allylic oxidation sites excluding steroid dienone is 6. The number of aliphatic carboxylic acids is 1. The highest BCUT2D eigenvalue weighted by Gasteiger charge is 2.46. The lowest BCUT2D eigenvalue weighted by Gasteiger charge is -2.30. The third-order valence-corrected chi connectivity index (χ3v) is 15.6. The highest BCUT2D eigenvalue weighted by atomic mass is 32.2. The van der Waals surface area contributed by atoms with E-state index in [4.69, 9.17) is 4.74 Å². The van der Waals surface area contributed by atoms with Crippen molar-refractivity contribution in [2.45, 2.75) is 138 Å². The number of carboxylic acids is 1. The predicted molar refractivity (Wildman–Crippen MR) is 267 cm³/mol. The summed E-state index contributed by atoms with van der Waals surface area (Å²) < 4.78 is 143. The van der Waals surface area contributed by atoms with Crippen LogP contribution in [0.15, 0.2) is 82.3 Å². The molecule has 2 atom stereocenters. The van der Waals surface area contributed by atoms with Crippen LogP contribution in [0.4, 0.5) is 16.2 Å². The number of anilines is 1. The fourth-order valence-corrected chi connectivity index (χ4v) is 10.8. The lowest BCUT2D eigenvalue weighted by molar-refractivity contribution is -0.437. The first-order valence-corrected chi connectivity index (χ1v) is 29.3. The molecule has 0 aromatic heterocycles. The van der Waals surface area contributed by atoms with E-state index in [2.05, 4.69) is 10.6 Å². The molecule has 2 amide bonds. The molecule has 2 heterocycles. The molecule has 21 nitrogen and oxygen atoms in total. The number of fused-ring (bicyclic) bond motifs is 2. The topological polar surface area (TPSA) is 331 Å². The maximum Gasteiger partial charge on any atom is 0.407 e. The zero-order chi connectivity index (χ0) is 54.1. The second-order valence-electron chi connectivity index (χ2n) is 19.4. The first-order valence-electron chi connectivity index (χ1n) is 23.2. The van der Waals surface area contributed by atoms with Gasteiger partial charge in [-0.1, -0.05) is 31.1 Å². The van der Waals surface area contributed by atoms with Crippen molar-refractivity contribution in [2.75, 3.05) is 36.0 Å². The van der Waals surface area contributed by atoms with Gasteiger partial charge >= 0.3 is 12.1 Å². The van der Waals surface area contributed by atoms with E-state index >= 15 is 0 Å². The van der Waals surface area contributed by atoms with Crippen LogP contribution in [0.25, 0.3) is 0 Å². The monoisotopic (exact) mass is 1090 g/mol. The molecule has 2 aliphatic rings. The Morgan fingerprint density at radius 1 is 0.806 bits per heavy atom. The molecule has 0 saturated carbocycles. The van der Waals surface area contributed by atoms with Crippen molar-refractivity contribution in [2.24, 2.45) is 0 Å². The van der Waals surface area contributed by atoms with Crippen LogP contribution in [0.1, 0.15) is 117 Å². The van der Waals surface area contributed by atoms with E-state index < -0.39 is 92.4 Å². The Labute approximate surface area is 422 Å². The maximum atomic E-state index is 12.9. The molecule has 2 aromatic carbocycles. The van der Waals surface area contributed by atoms with Crippen molar-refractivity contribution >= 4 is 75.5 Å². The van der Waals surface area contributed by atoms with Gasteiger partial charge < -0.3 is 29.9 Å². The maximum absolute atomic E-state index is 12.9. The first-order chi connectivity index (χ1) is 33.1. The highest BCUT2D eigenvalue weighted by Crippen LogP contribution is 2.51. The Hall–Kier alpha value is -5.02. The van der Waals surface area contributed by atoms with Gasteiger partial charge in [-0.15, -0.1) is 0 Å². The molecule has 0 aliphatic carbocycles. The number of carbonyl (C=O) groups is 3. The Morgan fingerprint density at radius 2 is 1.44 bits per heavy atom. The minimum atomic E-state index is -4.69. The van der Waals surface area contributed by atoms with Gasteiger partial charge in [0.05, 0.1) is 31.1 Å². The zero-order valence-electron chi connectivity index (χ0n) is 41.2. The van der Waals surface area contributed by atoms with Crippen molar-refractivity contribution in [3.63, 3.8) is 0 Å². The molecule has 0 radical (unpaired) electrons. The van der Waals surface area contributed by atoms with E-state index in [-0.39, 0.29) is 55.1 Å². The van der Waals surface area contributed by atoms with Gasteiger partial charge in [0.2, 0.25) is 11.6 Å². The molecule has 6 N–H and O–H groups in total. The Bertz CT molecular complexity index is 2940. The fourth-order valence-electron chi connectivity index (χ4n) is 8.86. The van der Waals surface area contributed by atoms with Gasteiger partial charge in [-0.25, -0.2) is 18.0 Å². The number of hydrogen-bond acceptors (Lipinski definition) is 14. The number of amides is 2. The van der Waals surface area contributed by atoms with Gasteiger partial charge in [0.1, 0.15) is 18.2 Å². The molecule has 72 heavy (non-hydrogen) atoms. The van der Waals surface area contributed by atoms with E-state index in [9.17, 15) is 71.4 Å². The molecular formula is C47H66N4O17S4. The van der Waals surface area contributed by atoms with Gasteiger partial charge in [-0.3, -0.25) is 18.5 Å². The van der Waals surface area contributed by atoms with Crippen molar-refractivity contribution in [3.05, 3.63) is 83.6 Å². The van der Waals surface area contributed by atoms with Crippen LogP contribution in [0, 0.1) is 0 Å². The molecule has 2 aliphatic heterocycles. The van der Waals surface area contributed by atoms with E-state index in [1.165, 1.54) is 36.4 Å². The molecule has 4 rings (SSSR count). The first kappa shape index (κ1) is 59.5. The molecular weight excluding hydrogens is 1020 g/mol. The Morgan fingerprint density at radius 3 is 2.04 bits per heavy atom. The van der Waals surface area contributed by atoms with Crippen molar-refractivity contribution in [1.29, 1.82) is 0 Å². The van der Waals surface area contributed by atoms with Crippen LogP contribution < -0.4 is 15.5 Å². The van der Waals surface area contributed by atoms with Crippen LogP contribution in [0.3, 0.4) is 0 Å². The molecule has 0 bridgehead atoms. The number of ether oxygens (including phenoxy) is 1. The van der Waals surface area contributed by atoms with Crippen molar-refractivity contribution in [1.82, 2.24) is 10.6 Å². The number of hydrogen-bond donors (Lipinski definition) is 6. The van der Waals surface area contributed by atoms with E-state index in [1.807, 2.05) is 20.8 Å². The highest BCUT2D eigenvalue weighted by molar-refractivity contribution is 7.86. The van der Waals surface area contributed by atoms with Crippen LogP contribution >= 0.6 is 0 Å². The normalized spacial score (nSPS) is 18.2. The van der Waals surface area contributed by atoms with Gasteiger partial charge in [-0.2, -0.15) is 29.8 Å². The summed E-state index contributed by atoms with van der Waals surface area (Å²) in [5.41, 5.74) is 0.685. The van der Waals surface area contributed by atoms with Crippen LogP contribution in [-0.2, 0) is 65.6 Å². The Kier molecular flexibility index (Phi) is 19.8.